The van der Waals surface area contributed by atoms with Crippen LogP contribution in [0.5, 0.6) is 0 Å². The Balaban J connectivity index is 2.97. The molecule has 0 heterocycles. The highest BCUT2D eigenvalue weighted by Gasteiger charge is 2.19. The SMILES string of the molecule is CCCCN(CC(N)=O)C(=O)c1cc(N)ccc1C. The molecule has 0 aliphatic rings. The molecule has 0 fully saturated rings. The van der Waals surface area contributed by atoms with Gasteiger partial charge in [-0.25, -0.2) is 0 Å². The van der Waals surface area contributed by atoms with Crippen molar-refractivity contribution in [1.29, 1.82) is 0 Å². The molecule has 2 amide bonds. The van der Waals surface area contributed by atoms with E-state index >= 15 is 0 Å². The quantitative estimate of drug-likeness (QED) is 0.758. The molecule has 0 saturated carbocycles. The molecule has 5 nitrogen and oxygen atoms in total. The highest BCUT2D eigenvalue weighted by atomic mass is 16.2. The number of anilines is 1. The maximum atomic E-state index is 12.4. The number of nitrogen functional groups attached to an aromatic ring is 1. The van der Waals surface area contributed by atoms with Gasteiger partial charge in [0.15, 0.2) is 0 Å². The van der Waals surface area contributed by atoms with Crippen molar-refractivity contribution in [3.8, 4) is 0 Å². The molecule has 0 aliphatic heterocycles. The third-order valence-corrected chi connectivity index (χ3v) is 2.91. The monoisotopic (exact) mass is 263 g/mol. The van der Waals surface area contributed by atoms with Crippen molar-refractivity contribution in [3.63, 3.8) is 0 Å². The molecule has 1 rings (SSSR count). The van der Waals surface area contributed by atoms with Crippen LogP contribution in [0.15, 0.2) is 18.2 Å². The number of hydrogen-bond acceptors (Lipinski definition) is 3. The number of nitrogens with two attached hydrogens (primary N) is 2. The Labute approximate surface area is 113 Å². The number of carbonyl (C=O) groups excluding carboxylic acids is 2. The second kappa shape index (κ2) is 6.78. The smallest absolute Gasteiger partial charge is 0.254 e. The molecule has 0 saturated heterocycles. The maximum absolute atomic E-state index is 12.4. The van der Waals surface area contributed by atoms with Gasteiger partial charge in [-0.1, -0.05) is 19.4 Å². The van der Waals surface area contributed by atoms with Gasteiger partial charge in [0.25, 0.3) is 5.91 Å². The van der Waals surface area contributed by atoms with Crippen LogP contribution in [0.1, 0.15) is 35.7 Å². The van der Waals surface area contributed by atoms with Crippen molar-refractivity contribution >= 4 is 17.5 Å². The number of amides is 2. The van der Waals surface area contributed by atoms with Crippen LogP contribution in [0.25, 0.3) is 0 Å². The number of hydrogen-bond donors (Lipinski definition) is 2. The van der Waals surface area contributed by atoms with E-state index in [1.165, 1.54) is 4.90 Å². The minimum Gasteiger partial charge on any atom is -0.399 e. The Morgan fingerprint density at radius 1 is 1.32 bits per heavy atom. The first-order valence-corrected chi connectivity index (χ1v) is 6.39. The molecule has 19 heavy (non-hydrogen) atoms. The average molecular weight is 263 g/mol. The highest BCUT2D eigenvalue weighted by molar-refractivity contribution is 5.98. The molecule has 104 valence electrons. The van der Waals surface area contributed by atoms with Crippen molar-refractivity contribution in [3.05, 3.63) is 29.3 Å². The molecule has 4 N–H and O–H groups in total. The fourth-order valence-corrected chi connectivity index (χ4v) is 1.83. The van der Waals surface area contributed by atoms with Crippen molar-refractivity contribution < 1.29 is 9.59 Å². The molecule has 0 spiro atoms. The number of rotatable bonds is 6. The number of carbonyl (C=O) groups is 2. The van der Waals surface area contributed by atoms with Gasteiger partial charge in [0.05, 0.1) is 6.54 Å². The molecule has 1 aromatic carbocycles. The number of unbranched alkanes of at least 4 members (excludes halogenated alkanes) is 1. The molecule has 0 radical (unpaired) electrons. The van der Waals surface area contributed by atoms with Crippen LogP contribution in [-0.2, 0) is 4.79 Å². The van der Waals surface area contributed by atoms with Crippen molar-refractivity contribution in [2.45, 2.75) is 26.7 Å². The Bertz CT molecular complexity index is 472. The maximum Gasteiger partial charge on any atom is 0.254 e. The third-order valence-electron chi connectivity index (χ3n) is 2.91. The van der Waals surface area contributed by atoms with Crippen LogP contribution in [0, 0.1) is 6.92 Å². The average Bonchev–Trinajstić information content (AvgIpc) is 2.36. The van der Waals surface area contributed by atoms with Crippen molar-refractivity contribution in [2.75, 3.05) is 18.8 Å². The predicted octanol–water partition coefficient (Wildman–Crippen LogP) is 1.30. The molecule has 0 atom stereocenters. The number of benzene rings is 1. The van der Waals surface area contributed by atoms with Gasteiger partial charge in [-0.05, 0) is 31.0 Å². The topological polar surface area (TPSA) is 89.4 Å². The summed E-state index contributed by atoms with van der Waals surface area (Å²) in [6.07, 6.45) is 1.78. The van der Waals surface area contributed by atoms with E-state index in [9.17, 15) is 9.59 Å². The number of nitrogens with zero attached hydrogens (tertiary/aromatic N) is 1. The lowest BCUT2D eigenvalue weighted by Crippen LogP contribution is -2.39. The van der Waals surface area contributed by atoms with Crippen LogP contribution in [0.3, 0.4) is 0 Å². The summed E-state index contributed by atoms with van der Waals surface area (Å²) in [6.45, 7) is 4.33. The molecular formula is C14H21N3O2. The molecule has 0 aliphatic carbocycles. The number of aryl methyl sites for hydroxylation is 1. The second-order valence-corrected chi connectivity index (χ2v) is 4.62. The molecule has 0 unspecified atom stereocenters. The molecule has 0 bridgehead atoms. The van der Waals surface area contributed by atoms with Crippen LogP contribution in [0.2, 0.25) is 0 Å². The first-order chi connectivity index (χ1) is 8.95. The summed E-state index contributed by atoms with van der Waals surface area (Å²) in [6, 6.07) is 5.18. The van der Waals surface area contributed by atoms with Crippen molar-refractivity contribution in [1.82, 2.24) is 4.90 Å². The van der Waals surface area contributed by atoms with Gasteiger partial charge < -0.3 is 16.4 Å². The first kappa shape index (κ1) is 15.0. The number of primary amides is 1. The van der Waals surface area contributed by atoms with Gasteiger partial charge in [0.2, 0.25) is 5.91 Å². The third kappa shape index (κ3) is 4.28. The minimum absolute atomic E-state index is 0.0624. The summed E-state index contributed by atoms with van der Waals surface area (Å²) in [5.74, 6) is -0.706. The summed E-state index contributed by atoms with van der Waals surface area (Å²) in [7, 11) is 0. The van der Waals surface area contributed by atoms with Gasteiger partial charge in [-0.15, -0.1) is 0 Å². The van der Waals surface area contributed by atoms with Gasteiger partial charge in [-0.3, -0.25) is 9.59 Å². The summed E-state index contributed by atoms with van der Waals surface area (Å²) in [5.41, 5.74) is 12.8. The second-order valence-electron chi connectivity index (χ2n) is 4.62. The first-order valence-electron chi connectivity index (χ1n) is 6.39. The van der Waals surface area contributed by atoms with E-state index in [-0.39, 0.29) is 12.5 Å². The van der Waals surface area contributed by atoms with Gasteiger partial charge in [-0.2, -0.15) is 0 Å². The summed E-state index contributed by atoms with van der Waals surface area (Å²) < 4.78 is 0. The Morgan fingerprint density at radius 3 is 2.58 bits per heavy atom. The lowest BCUT2D eigenvalue weighted by atomic mass is 10.1. The normalized spacial score (nSPS) is 10.2. The lowest BCUT2D eigenvalue weighted by Gasteiger charge is -2.22. The zero-order valence-corrected chi connectivity index (χ0v) is 11.5. The van der Waals surface area contributed by atoms with Crippen LogP contribution in [0.4, 0.5) is 5.69 Å². The zero-order chi connectivity index (χ0) is 14.4. The summed E-state index contributed by atoms with van der Waals surface area (Å²) in [4.78, 5) is 25.0. The Morgan fingerprint density at radius 2 is 2.00 bits per heavy atom. The van der Waals surface area contributed by atoms with Crippen LogP contribution < -0.4 is 11.5 Å². The van der Waals surface area contributed by atoms with Crippen molar-refractivity contribution in [2.24, 2.45) is 5.73 Å². The van der Waals surface area contributed by atoms with E-state index in [0.717, 1.165) is 18.4 Å². The van der Waals surface area contributed by atoms with E-state index in [0.29, 0.717) is 17.8 Å². The lowest BCUT2D eigenvalue weighted by molar-refractivity contribution is -0.118. The highest BCUT2D eigenvalue weighted by Crippen LogP contribution is 2.15. The van der Waals surface area contributed by atoms with Gasteiger partial charge in [0, 0.05) is 17.8 Å². The van der Waals surface area contributed by atoms with E-state index in [1.807, 2.05) is 13.8 Å². The fraction of sp³-hybridized carbons (Fsp3) is 0.429. The fourth-order valence-electron chi connectivity index (χ4n) is 1.83. The largest absolute Gasteiger partial charge is 0.399 e. The standard InChI is InChI=1S/C14H21N3O2/c1-3-4-7-17(9-13(16)18)14(19)12-8-11(15)6-5-10(12)2/h5-6,8H,3-4,7,9,15H2,1-2H3,(H2,16,18). The summed E-state index contributed by atoms with van der Waals surface area (Å²) >= 11 is 0. The molecule has 5 heteroatoms. The van der Waals surface area contributed by atoms with Gasteiger partial charge in [0.1, 0.15) is 0 Å². The van der Waals surface area contributed by atoms with E-state index < -0.39 is 5.91 Å². The van der Waals surface area contributed by atoms with Crippen LogP contribution >= 0.6 is 0 Å². The van der Waals surface area contributed by atoms with E-state index in [4.69, 9.17) is 11.5 Å². The van der Waals surface area contributed by atoms with Crippen LogP contribution in [-0.4, -0.2) is 29.8 Å². The Hall–Kier alpha value is -2.04. The summed E-state index contributed by atoms with van der Waals surface area (Å²) in [5, 5.41) is 0. The molecular weight excluding hydrogens is 242 g/mol. The zero-order valence-electron chi connectivity index (χ0n) is 11.5. The van der Waals surface area contributed by atoms with E-state index in [1.54, 1.807) is 18.2 Å². The predicted molar refractivity (Wildman–Crippen MR) is 75.6 cm³/mol. The Kier molecular flexibility index (Phi) is 5.36. The molecule has 0 aromatic heterocycles. The minimum atomic E-state index is -0.508. The van der Waals surface area contributed by atoms with Gasteiger partial charge >= 0.3 is 0 Å². The molecule has 1 aromatic rings. The van der Waals surface area contributed by atoms with E-state index in [2.05, 4.69) is 0 Å².